The molecule has 1 amide bonds. The van der Waals surface area contributed by atoms with Gasteiger partial charge < -0.3 is 14.8 Å². The van der Waals surface area contributed by atoms with Crippen LogP contribution in [0.2, 0.25) is 0 Å². The highest BCUT2D eigenvalue weighted by molar-refractivity contribution is 5.93. The summed E-state index contributed by atoms with van der Waals surface area (Å²) in [5, 5.41) is 2.60. The number of carbonyl (C=O) groups is 1. The third-order valence-electron chi connectivity index (χ3n) is 4.69. The number of hydrogen-bond acceptors (Lipinski definition) is 4. The lowest BCUT2D eigenvalue weighted by Crippen LogP contribution is -2.43. The Labute approximate surface area is 157 Å². The van der Waals surface area contributed by atoms with E-state index in [0.29, 0.717) is 12.6 Å². The zero-order chi connectivity index (χ0) is 19.9. The number of hydrogen-bond donors (Lipinski definition) is 1. The maximum atomic E-state index is 13.0. The molecule has 5 nitrogen and oxygen atoms in total. The minimum absolute atomic E-state index is 0.0241. The Morgan fingerprint density at radius 3 is 2.74 bits per heavy atom. The van der Waals surface area contributed by atoms with E-state index in [-0.39, 0.29) is 30.5 Å². The molecule has 1 unspecified atom stereocenters. The molecule has 0 saturated carbocycles. The largest absolute Gasteiger partial charge is 0.489 e. The molecule has 0 aliphatic carbocycles. The first-order valence-corrected chi connectivity index (χ1v) is 9.22. The summed E-state index contributed by atoms with van der Waals surface area (Å²) in [6, 6.07) is 3.41. The van der Waals surface area contributed by atoms with E-state index < -0.39 is 11.7 Å². The Morgan fingerprint density at radius 2 is 2.07 bits per heavy atom. The number of amides is 1. The van der Waals surface area contributed by atoms with Crippen molar-refractivity contribution in [3.8, 4) is 5.75 Å². The number of benzene rings is 1. The van der Waals surface area contributed by atoms with Gasteiger partial charge in [-0.15, -0.1) is 0 Å². The minimum Gasteiger partial charge on any atom is -0.489 e. The molecule has 0 bridgehead atoms. The van der Waals surface area contributed by atoms with Gasteiger partial charge in [0.1, 0.15) is 12.4 Å². The first-order valence-electron chi connectivity index (χ1n) is 9.22. The maximum absolute atomic E-state index is 13.0. The number of anilines is 1. The number of alkyl halides is 3. The van der Waals surface area contributed by atoms with Crippen LogP contribution in [-0.4, -0.2) is 50.3 Å². The number of nitrogens with zero attached hydrogens (tertiary/aromatic N) is 1. The molecule has 27 heavy (non-hydrogen) atoms. The van der Waals surface area contributed by atoms with Crippen LogP contribution in [0.25, 0.3) is 0 Å². The van der Waals surface area contributed by atoms with Crippen LogP contribution in [0.1, 0.15) is 38.2 Å². The summed E-state index contributed by atoms with van der Waals surface area (Å²) in [5.74, 6) is -0.148. The predicted octanol–water partition coefficient (Wildman–Crippen LogP) is 3.93. The second-order valence-electron chi connectivity index (χ2n) is 6.63. The molecule has 1 aromatic rings. The summed E-state index contributed by atoms with van der Waals surface area (Å²) in [6.45, 7) is 3.53. The van der Waals surface area contributed by atoms with Gasteiger partial charge >= 0.3 is 6.18 Å². The van der Waals surface area contributed by atoms with Crippen LogP contribution in [0.3, 0.4) is 0 Å². The number of halogens is 3. The molecule has 8 heteroatoms. The van der Waals surface area contributed by atoms with Crippen LogP contribution in [-0.2, 0) is 15.7 Å². The number of methoxy groups -OCH3 is 1. The van der Waals surface area contributed by atoms with E-state index in [0.717, 1.165) is 44.4 Å². The van der Waals surface area contributed by atoms with Crippen molar-refractivity contribution >= 4 is 11.6 Å². The minimum atomic E-state index is -4.50. The standard InChI is InChI=1S/C19H27F3N2O3/c1-3-15-6-4-5-9-24(15)13-18(25)23-16-12-14(19(20,21)22)7-8-17(16)27-11-10-26-2/h7-8,12,15H,3-6,9-11,13H2,1-2H3,(H,23,25). The number of likely N-dealkylation sites (tertiary alicyclic amines) is 1. The molecule has 1 aliphatic heterocycles. The average Bonchev–Trinajstić information content (AvgIpc) is 2.62. The lowest BCUT2D eigenvalue weighted by molar-refractivity contribution is -0.137. The average molecular weight is 388 g/mol. The molecular weight excluding hydrogens is 361 g/mol. The van der Waals surface area contributed by atoms with Gasteiger partial charge in [-0.1, -0.05) is 13.3 Å². The molecule has 0 spiro atoms. The zero-order valence-electron chi connectivity index (χ0n) is 15.8. The molecule has 152 valence electrons. The molecule has 1 heterocycles. The summed E-state index contributed by atoms with van der Waals surface area (Å²) in [6.07, 6.45) is -0.341. The quantitative estimate of drug-likeness (QED) is 0.686. The van der Waals surface area contributed by atoms with Gasteiger partial charge in [0.15, 0.2) is 0 Å². The Morgan fingerprint density at radius 1 is 1.30 bits per heavy atom. The van der Waals surface area contributed by atoms with Gasteiger partial charge in [0, 0.05) is 13.2 Å². The maximum Gasteiger partial charge on any atom is 0.416 e. The van der Waals surface area contributed by atoms with Crippen molar-refractivity contribution < 1.29 is 27.4 Å². The third kappa shape index (κ3) is 6.39. The molecule has 1 aliphatic rings. The normalized spacial score (nSPS) is 18.3. The van der Waals surface area contributed by atoms with E-state index in [9.17, 15) is 18.0 Å². The van der Waals surface area contributed by atoms with Crippen molar-refractivity contribution in [1.82, 2.24) is 4.90 Å². The summed E-state index contributed by atoms with van der Waals surface area (Å²) >= 11 is 0. The molecule has 1 fully saturated rings. The molecular formula is C19H27F3N2O3. The smallest absolute Gasteiger partial charge is 0.416 e. The van der Waals surface area contributed by atoms with Crippen LogP contribution in [0, 0.1) is 0 Å². The molecule has 0 aromatic heterocycles. The van der Waals surface area contributed by atoms with Crippen LogP contribution in [0.4, 0.5) is 18.9 Å². The van der Waals surface area contributed by atoms with E-state index in [1.807, 2.05) is 0 Å². The molecule has 1 saturated heterocycles. The van der Waals surface area contributed by atoms with E-state index in [1.165, 1.54) is 13.2 Å². The Bertz CT molecular complexity index is 623. The highest BCUT2D eigenvalue weighted by Crippen LogP contribution is 2.35. The predicted molar refractivity (Wildman–Crippen MR) is 96.9 cm³/mol. The Hall–Kier alpha value is -1.80. The Kier molecular flexibility index (Phi) is 7.91. The van der Waals surface area contributed by atoms with Gasteiger partial charge in [-0.25, -0.2) is 0 Å². The number of piperidine rings is 1. The van der Waals surface area contributed by atoms with Crippen LogP contribution >= 0.6 is 0 Å². The molecule has 0 radical (unpaired) electrons. The lowest BCUT2D eigenvalue weighted by Gasteiger charge is -2.34. The first kappa shape index (κ1) is 21.5. The second kappa shape index (κ2) is 9.94. The van der Waals surface area contributed by atoms with E-state index in [1.54, 1.807) is 0 Å². The van der Waals surface area contributed by atoms with Gasteiger partial charge in [-0.2, -0.15) is 13.2 Å². The van der Waals surface area contributed by atoms with Gasteiger partial charge in [-0.05, 0) is 44.0 Å². The number of carbonyl (C=O) groups excluding carboxylic acids is 1. The third-order valence-corrected chi connectivity index (χ3v) is 4.69. The van der Waals surface area contributed by atoms with Gasteiger partial charge in [0.2, 0.25) is 5.91 Å². The van der Waals surface area contributed by atoms with Crippen molar-refractivity contribution in [2.24, 2.45) is 0 Å². The molecule has 1 atom stereocenters. The van der Waals surface area contributed by atoms with Crippen LogP contribution in [0.5, 0.6) is 5.75 Å². The highest BCUT2D eigenvalue weighted by Gasteiger charge is 2.31. The van der Waals surface area contributed by atoms with Crippen molar-refractivity contribution in [2.45, 2.75) is 44.8 Å². The molecule has 1 N–H and O–H groups in total. The summed E-state index contributed by atoms with van der Waals surface area (Å²) < 4.78 is 49.4. The van der Waals surface area contributed by atoms with Crippen LogP contribution in [0.15, 0.2) is 18.2 Å². The highest BCUT2D eigenvalue weighted by atomic mass is 19.4. The van der Waals surface area contributed by atoms with Gasteiger partial charge in [0.25, 0.3) is 0 Å². The first-order chi connectivity index (χ1) is 12.8. The lowest BCUT2D eigenvalue weighted by atomic mass is 10.00. The summed E-state index contributed by atoms with van der Waals surface area (Å²) in [5.41, 5.74) is -0.808. The summed E-state index contributed by atoms with van der Waals surface area (Å²) in [7, 11) is 1.50. The van der Waals surface area contributed by atoms with E-state index in [2.05, 4.69) is 17.1 Å². The number of nitrogens with one attached hydrogen (secondary N) is 1. The van der Waals surface area contributed by atoms with Crippen molar-refractivity contribution in [3.05, 3.63) is 23.8 Å². The number of ether oxygens (including phenoxy) is 2. The fourth-order valence-corrected chi connectivity index (χ4v) is 3.27. The van der Waals surface area contributed by atoms with Gasteiger partial charge in [-0.3, -0.25) is 9.69 Å². The Balaban J connectivity index is 2.11. The SMILES string of the molecule is CCC1CCCCN1CC(=O)Nc1cc(C(F)(F)F)ccc1OCCOC. The van der Waals surface area contributed by atoms with Gasteiger partial charge in [0.05, 0.1) is 24.4 Å². The topological polar surface area (TPSA) is 50.8 Å². The number of rotatable bonds is 8. The van der Waals surface area contributed by atoms with E-state index in [4.69, 9.17) is 9.47 Å². The zero-order valence-corrected chi connectivity index (χ0v) is 15.8. The van der Waals surface area contributed by atoms with Crippen molar-refractivity contribution in [3.63, 3.8) is 0 Å². The monoisotopic (exact) mass is 388 g/mol. The van der Waals surface area contributed by atoms with E-state index >= 15 is 0 Å². The fraction of sp³-hybridized carbons (Fsp3) is 0.632. The molecule has 1 aromatic carbocycles. The van der Waals surface area contributed by atoms with Crippen molar-refractivity contribution in [2.75, 3.05) is 38.7 Å². The van der Waals surface area contributed by atoms with Crippen molar-refractivity contribution in [1.29, 1.82) is 0 Å². The summed E-state index contributed by atoms with van der Waals surface area (Å²) in [4.78, 5) is 14.6. The molecule has 2 rings (SSSR count). The van der Waals surface area contributed by atoms with Crippen LogP contribution < -0.4 is 10.1 Å². The second-order valence-corrected chi connectivity index (χ2v) is 6.63. The fourth-order valence-electron chi connectivity index (χ4n) is 3.27.